The zero-order valence-electron chi connectivity index (χ0n) is 15.0. The van der Waals surface area contributed by atoms with Crippen LogP contribution in [0.25, 0.3) is 27.6 Å². The van der Waals surface area contributed by atoms with Gasteiger partial charge in [0.25, 0.3) is 0 Å². The van der Waals surface area contributed by atoms with Crippen LogP contribution < -0.4 is 0 Å². The summed E-state index contributed by atoms with van der Waals surface area (Å²) in [5.41, 5.74) is 7.55. The molecule has 2 aromatic heterocycles. The van der Waals surface area contributed by atoms with Crippen LogP contribution in [0.5, 0.6) is 0 Å². The largest absolute Gasteiger partial charge is 0.277 e. The standard InChI is InChI=1S/C22H23N3/c1-5-17-9-10-19-18(11-12-23-21(19)13-17)20-14-24-25-22(20)16(4)8-6-7-15(2)3/h6-14H,4-5H2,1-3H3,(H,24,25)/b8-6-. The Labute approximate surface area is 148 Å². The van der Waals surface area contributed by atoms with Gasteiger partial charge in [-0.1, -0.05) is 49.4 Å². The van der Waals surface area contributed by atoms with E-state index in [-0.39, 0.29) is 0 Å². The van der Waals surface area contributed by atoms with E-state index >= 15 is 0 Å². The number of benzene rings is 1. The fourth-order valence-corrected chi connectivity index (χ4v) is 2.82. The lowest BCUT2D eigenvalue weighted by Crippen LogP contribution is -1.89. The van der Waals surface area contributed by atoms with Crippen molar-refractivity contribution in [3.8, 4) is 11.1 Å². The normalized spacial score (nSPS) is 11.2. The van der Waals surface area contributed by atoms with Crippen LogP contribution in [-0.2, 0) is 6.42 Å². The number of aromatic nitrogens is 3. The minimum Gasteiger partial charge on any atom is -0.277 e. The lowest BCUT2D eigenvalue weighted by atomic mass is 9.98. The van der Waals surface area contributed by atoms with Gasteiger partial charge in [-0.2, -0.15) is 5.10 Å². The molecule has 0 aliphatic heterocycles. The van der Waals surface area contributed by atoms with Crippen LogP contribution in [0, 0.1) is 0 Å². The average Bonchev–Trinajstić information content (AvgIpc) is 3.09. The van der Waals surface area contributed by atoms with Gasteiger partial charge in [0.15, 0.2) is 0 Å². The molecule has 3 nitrogen and oxygen atoms in total. The number of hydrogen-bond acceptors (Lipinski definition) is 2. The summed E-state index contributed by atoms with van der Waals surface area (Å²) >= 11 is 0. The maximum absolute atomic E-state index is 4.53. The summed E-state index contributed by atoms with van der Waals surface area (Å²) in [6, 6.07) is 8.50. The third-order valence-electron chi connectivity index (χ3n) is 4.19. The van der Waals surface area contributed by atoms with E-state index in [1.54, 1.807) is 0 Å². The summed E-state index contributed by atoms with van der Waals surface area (Å²) in [5, 5.41) is 8.46. The first-order chi connectivity index (χ1) is 12.1. The van der Waals surface area contributed by atoms with Gasteiger partial charge in [-0.15, -0.1) is 0 Å². The van der Waals surface area contributed by atoms with Crippen LogP contribution in [0.1, 0.15) is 32.0 Å². The molecule has 0 fully saturated rings. The molecule has 1 N–H and O–H groups in total. The highest BCUT2D eigenvalue weighted by Gasteiger charge is 2.12. The third-order valence-corrected chi connectivity index (χ3v) is 4.19. The van der Waals surface area contributed by atoms with Gasteiger partial charge < -0.3 is 0 Å². The first-order valence-electron chi connectivity index (χ1n) is 8.52. The van der Waals surface area contributed by atoms with E-state index in [0.29, 0.717) is 0 Å². The second-order valence-electron chi connectivity index (χ2n) is 6.35. The Morgan fingerprint density at radius 3 is 2.80 bits per heavy atom. The first-order valence-corrected chi connectivity index (χ1v) is 8.52. The molecule has 1 aromatic carbocycles. The monoisotopic (exact) mass is 329 g/mol. The summed E-state index contributed by atoms with van der Waals surface area (Å²) in [6.45, 7) is 10.5. The minimum atomic E-state index is 0.903. The molecule has 0 bridgehead atoms. The molecule has 0 amide bonds. The molecule has 2 heterocycles. The number of H-pyrrole nitrogens is 1. The number of aromatic amines is 1. The van der Waals surface area contributed by atoms with Crippen molar-refractivity contribution in [3.63, 3.8) is 0 Å². The zero-order valence-corrected chi connectivity index (χ0v) is 15.0. The van der Waals surface area contributed by atoms with Crippen LogP contribution in [0.2, 0.25) is 0 Å². The Balaban J connectivity index is 2.06. The van der Waals surface area contributed by atoms with Crippen LogP contribution in [-0.4, -0.2) is 15.2 Å². The molecular formula is C22H23N3. The van der Waals surface area contributed by atoms with Gasteiger partial charge >= 0.3 is 0 Å². The lowest BCUT2D eigenvalue weighted by Gasteiger charge is -2.08. The quantitative estimate of drug-likeness (QED) is 0.608. The molecular weight excluding hydrogens is 306 g/mol. The highest BCUT2D eigenvalue weighted by atomic mass is 15.1. The molecule has 126 valence electrons. The van der Waals surface area contributed by atoms with Crippen molar-refractivity contribution in [1.82, 2.24) is 15.2 Å². The maximum atomic E-state index is 4.53. The molecule has 0 atom stereocenters. The molecule has 25 heavy (non-hydrogen) atoms. The number of aryl methyl sites for hydroxylation is 1. The smallest absolute Gasteiger partial charge is 0.0722 e. The Hall–Kier alpha value is -2.94. The van der Waals surface area contributed by atoms with Crippen molar-refractivity contribution in [3.05, 3.63) is 78.3 Å². The minimum absolute atomic E-state index is 0.903. The fourth-order valence-electron chi connectivity index (χ4n) is 2.82. The SMILES string of the molecule is C=C(/C=C\C=C(C)C)c1[nH]ncc1-c1ccnc2cc(CC)ccc12. The molecule has 0 aliphatic rings. The molecule has 0 saturated heterocycles. The summed E-state index contributed by atoms with van der Waals surface area (Å²) in [4.78, 5) is 4.53. The second kappa shape index (κ2) is 7.31. The van der Waals surface area contributed by atoms with Crippen molar-refractivity contribution in [1.29, 1.82) is 0 Å². The van der Waals surface area contributed by atoms with Crippen LogP contribution in [0.15, 0.2) is 67.0 Å². The number of rotatable bonds is 5. The second-order valence-corrected chi connectivity index (χ2v) is 6.35. The highest BCUT2D eigenvalue weighted by molar-refractivity contribution is 5.97. The Kier molecular flexibility index (Phi) is 4.94. The molecule has 0 aliphatic carbocycles. The molecule has 3 aromatic rings. The highest BCUT2D eigenvalue weighted by Crippen LogP contribution is 2.32. The van der Waals surface area contributed by atoms with E-state index in [1.807, 2.05) is 30.6 Å². The number of nitrogens with zero attached hydrogens (tertiary/aromatic N) is 2. The van der Waals surface area contributed by atoms with Crippen molar-refractivity contribution < 1.29 is 0 Å². The van der Waals surface area contributed by atoms with Crippen LogP contribution >= 0.6 is 0 Å². The predicted molar refractivity (Wildman–Crippen MR) is 106 cm³/mol. The summed E-state index contributed by atoms with van der Waals surface area (Å²) < 4.78 is 0. The molecule has 0 unspecified atom stereocenters. The maximum Gasteiger partial charge on any atom is 0.0722 e. The molecule has 3 rings (SSSR count). The van der Waals surface area contributed by atoms with E-state index in [1.165, 1.54) is 11.1 Å². The van der Waals surface area contributed by atoms with Gasteiger partial charge in [0.1, 0.15) is 0 Å². The van der Waals surface area contributed by atoms with Crippen molar-refractivity contribution >= 4 is 16.5 Å². The van der Waals surface area contributed by atoms with Crippen LogP contribution in [0.4, 0.5) is 0 Å². The summed E-state index contributed by atoms with van der Waals surface area (Å²) in [7, 11) is 0. The molecule has 0 spiro atoms. The molecule has 0 radical (unpaired) electrons. The van der Waals surface area contributed by atoms with Gasteiger partial charge in [0.2, 0.25) is 0 Å². The topological polar surface area (TPSA) is 41.6 Å². The Morgan fingerprint density at radius 2 is 2.04 bits per heavy atom. The van der Waals surface area contributed by atoms with Gasteiger partial charge in [-0.05, 0) is 49.1 Å². The van der Waals surface area contributed by atoms with Crippen molar-refractivity contribution in [2.45, 2.75) is 27.2 Å². The van der Waals surface area contributed by atoms with Crippen LogP contribution in [0.3, 0.4) is 0 Å². The number of pyridine rings is 1. The predicted octanol–water partition coefficient (Wildman–Crippen LogP) is 5.72. The number of hydrogen-bond donors (Lipinski definition) is 1. The lowest BCUT2D eigenvalue weighted by molar-refractivity contribution is 1.08. The number of allylic oxidation sites excluding steroid dienone is 5. The van der Waals surface area contributed by atoms with E-state index in [0.717, 1.165) is 39.7 Å². The van der Waals surface area contributed by atoms with Gasteiger partial charge in [0.05, 0.1) is 17.4 Å². The van der Waals surface area contributed by atoms with E-state index in [4.69, 9.17) is 0 Å². The van der Waals surface area contributed by atoms with E-state index in [9.17, 15) is 0 Å². The third kappa shape index (κ3) is 3.61. The van der Waals surface area contributed by atoms with Gasteiger partial charge in [-0.25, -0.2) is 0 Å². The van der Waals surface area contributed by atoms with E-state index < -0.39 is 0 Å². The summed E-state index contributed by atoms with van der Waals surface area (Å²) in [6.07, 6.45) is 10.8. The number of fused-ring (bicyclic) bond motifs is 1. The van der Waals surface area contributed by atoms with Gasteiger partial charge in [0, 0.05) is 17.1 Å². The van der Waals surface area contributed by atoms with Crippen molar-refractivity contribution in [2.75, 3.05) is 0 Å². The zero-order chi connectivity index (χ0) is 17.8. The molecule has 3 heteroatoms. The first kappa shape index (κ1) is 16.9. The molecule has 0 saturated carbocycles. The summed E-state index contributed by atoms with van der Waals surface area (Å²) in [5.74, 6) is 0. The van der Waals surface area contributed by atoms with Crippen molar-refractivity contribution in [2.24, 2.45) is 0 Å². The Morgan fingerprint density at radius 1 is 1.20 bits per heavy atom. The fraction of sp³-hybridized carbons (Fsp3) is 0.182. The van der Waals surface area contributed by atoms with Gasteiger partial charge in [-0.3, -0.25) is 10.1 Å². The van der Waals surface area contributed by atoms with E-state index in [2.05, 4.69) is 66.8 Å². The number of nitrogens with one attached hydrogen (secondary N) is 1. The Bertz CT molecular complexity index is 970. The average molecular weight is 329 g/mol.